The molecule has 0 saturated carbocycles. The molecule has 0 aromatic carbocycles. The first-order valence-corrected chi connectivity index (χ1v) is 8.43. The average Bonchev–Trinajstić information content (AvgIpc) is 2.59. The van der Waals surface area contributed by atoms with Gasteiger partial charge in [0.1, 0.15) is 5.82 Å². The molecule has 0 aliphatic carbocycles. The van der Waals surface area contributed by atoms with Gasteiger partial charge in [-0.25, -0.2) is 4.98 Å². The van der Waals surface area contributed by atoms with Gasteiger partial charge in [-0.05, 0) is 32.9 Å². The van der Waals surface area contributed by atoms with Crippen molar-refractivity contribution in [3.05, 3.63) is 24.4 Å². The number of carbonyl (C=O) groups is 1. The quantitative estimate of drug-likeness (QED) is 0.612. The topological polar surface area (TPSA) is 86.8 Å². The summed E-state index contributed by atoms with van der Waals surface area (Å²) >= 11 is 0. The molecule has 0 unspecified atom stereocenters. The van der Waals surface area contributed by atoms with Crippen LogP contribution in [0.3, 0.4) is 0 Å². The van der Waals surface area contributed by atoms with E-state index in [9.17, 15) is 4.79 Å². The summed E-state index contributed by atoms with van der Waals surface area (Å²) in [6, 6.07) is 5.96. The zero-order valence-corrected chi connectivity index (χ0v) is 14.8. The fourth-order valence-corrected chi connectivity index (χ4v) is 2.46. The predicted molar refractivity (Wildman–Crippen MR) is 97.0 cm³/mol. The minimum Gasteiger partial charge on any atom is -0.369 e. The van der Waals surface area contributed by atoms with Crippen LogP contribution in [0.15, 0.2) is 29.4 Å². The van der Waals surface area contributed by atoms with Crippen molar-refractivity contribution >= 4 is 17.7 Å². The van der Waals surface area contributed by atoms with Crippen LogP contribution in [0.5, 0.6) is 0 Å². The molecule has 1 aliphatic rings. The molecular formula is C17H28N6O. The lowest BCUT2D eigenvalue weighted by molar-refractivity contribution is -0.125. The van der Waals surface area contributed by atoms with Crippen molar-refractivity contribution in [1.29, 1.82) is 0 Å². The first-order valence-electron chi connectivity index (χ1n) is 8.43. The van der Waals surface area contributed by atoms with Gasteiger partial charge in [-0.1, -0.05) is 6.07 Å². The molecule has 1 aromatic rings. The number of hydrogen-bond acceptors (Lipinski definition) is 4. The molecular weight excluding hydrogens is 304 g/mol. The van der Waals surface area contributed by atoms with E-state index in [4.69, 9.17) is 5.73 Å². The van der Waals surface area contributed by atoms with Gasteiger partial charge in [0.2, 0.25) is 5.91 Å². The lowest BCUT2D eigenvalue weighted by Crippen LogP contribution is -2.53. The summed E-state index contributed by atoms with van der Waals surface area (Å²) in [6.07, 6.45) is 1.82. The second-order valence-corrected chi connectivity index (χ2v) is 6.58. The maximum atomic E-state index is 11.5. The Bertz CT molecular complexity index is 564. The number of nitrogens with zero attached hydrogens (tertiary/aromatic N) is 4. The van der Waals surface area contributed by atoms with E-state index in [2.05, 4.69) is 25.1 Å². The van der Waals surface area contributed by atoms with E-state index >= 15 is 0 Å². The summed E-state index contributed by atoms with van der Waals surface area (Å²) in [5.74, 6) is 1.52. The molecule has 2 rings (SSSR count). The number of guanidine groups is 1. The van der Waals surface area contributed by atoms with Crippen LogP contribution in [0.25, 0.3) is 0 Å². The van der Waals surface area contributed by atoms with Crippen molar-refractivity contribution in [3.63, 3.8) is 0 Å². The first kappa shape index (κ1) is 18.0. The number of piperazine rings is 1. The number of nitrogens with one attached hydrogen (secondary N) is 1. The molecule has 1 amide bonds. The lowest BCUT2D eigenvalue weighted by Gasteiger charge is -2.37. The van der Waals surface area contributed by atoms with Gasteiger partial charge in [0.25, 0.3) is 0 Å². The minimum atomic E-state index is -0.642. The highest BCUT2D eigenvalue weighted by molar-refractivity contribution is 5.83. The third kappa shape index (κ3) is 4.59. The van der Waals surface area contributed by atoms with Crippen LogP contribution in [0.2, 0.25) is 0 Å². The minimum absolute atomic E-state index is 0.331. The van der Waals surface area contributed by atoms with E-state index in [-0.39, 0.29) is 5.91 Å². The van der Waals surface area contributed by atoms with Gasteiger partial charge in [0.15, 0.2) is 5.96 Å². The number of primary amides is 1. The summed E-state index contributed by atoms with van der Waals surface area (Å²) in [6.45, 7) is 10.4. The highest BCUT2D eigenvalue weighted by Crippen LogP contribution is 2.16. The zero-order chi connectivity index (χ0) is 17.6. The van der Waals surface area contributed by atoms with Crippen molar-refractivity contribution in [2.75, 3.05) is 44.2 Å². The second-order valence-electron chi connectivity index (χ2n) is 6.58. The van der Waals surface area contributed by atoms with Crippen molar-refractivity contribution in [2.24, 2.45) is 16.1 Å². The third-order valence-corrected chi connectivity index (χ3v) is 4.18. The molecule has 2 heterocycles. The number of nitrogens with two attached hydrogens (primary N) is 1. The largest absolute Gasteiger partial charge is 0.369 e. The highest BCUT2D eigenvalue weighted by atomic mass is 16.1. The van der Waals surface area contributed by atoms with E-state index in [1.807, 2.05) is 45.2 Å². The Morgan fingerprint density at radius 2 is 2.04 bits per heavy atom. The fourth-order valence-electron chi connectivity index (χ4n) is 2.46. The van der Waals surface area contributed by atoms with Crippen LogP contribution >= 0.6 is 0 Å². The molecule has 1 aliphatic heterocycles. The summed E-state index contributed by atoms with van der Waals surface area (Å²) < 4.78 is 0. The summed E-state index contributed by atoms with van der Waals surface area (Å²) in [5, 5.41) is 3.31. The zero-order valence-electron chi connectivity index (χ0n) is 14.8. The number of rotatable bonds is 5. The number of aromatic nitrogens is 1. The van der Waals surface area contributed by atoms with Gasteiger partial charge in [-0.15, -0.1) is 0 Å². The maximum absolute atomic E-state index is 11.5. The van der Waals surface area contributed by atoms with Gasteiger partial charge >= 0.3 is 0 Å². The van der Waals surface area contributed by atoms with E-state index in [1.54, 1.807) is 0 Å². The predicted octanol–water partition coefficient (Wildman–Crippen LogP) is 0.681. The van der Waals surface area contributed by atoms with Crippen LogP contribution < -0.4 is 16.0 Å². The molecule has 0 bridgehead atoms. The Morgan fingerprint density at radius 1 is 1.33 bits per heavy atom. The number of amides is 1. The van der Waals surface area contributed by atoms with Gasteiger partial charge < -0.3 is 20.9 Å². The number of carbonyl (C=O) groups excluding carboxylic acids is 1. The molecule has 7 heteroatoms. The second kappa shape index (κ2) is 7.99. The number of aliphatic imine (C=N–C) groups is 1. The van der Waals surface area contributed by atoms with E-state index < -0.39 is 5.41 Å². The van der Waals surface area contributed by atoms with Crippen molar-refractivity contribution in [3.8, 4) is 0 Å². The summed E-state index contributed by atoms with van der Waals surface area (Å²) in [4.78, 5) is 25.0. The molecule has 132 valence electrons. The van der Waals surface area contributed by atoms with Crippen LogP contribution in [0, 0.1) is 5.41 Å². The van der Waals surface area contributed by atoms with Gasteiger partial charge in [0.05, 0.1) is 12.0 Å². The fraction of sp³-hybridized carbons (Fsp3) is 0.588. The summed E-state index contributed by atoms with van der Waals surface area (Å²) in [7, 11) is 0. The number of hydrogen-bond donors (Lipinski definition) is 2. The first-order chi connectivity index (χ1) is 11.4. The lowest BCUT2D eigenvalue weighted by atomic mass is 9.93. The third-order valence-electron chi connectivity index (χ3n) is 4.18. The van der Waals surface area contributed by atoms with E-state index in [0.29, 0.717) is 6.54 Å². The van der Waals surface area contributed by atoms with Crippen molar-refractivity contribution in [1.82, 2.24) is 15.2 Å². The van der Waals surface area contributed by atoms with E-state index in [0.717, 1.165) is 44.5 Å². The van der Waals surface area contributed by atoms with Gasteiger partial charge in [-0.3, -0.25) is 9.79 Å². The number of pyridine rings is 1. The van der Waals surface area contributed by atoms with Crippen LogP contribution in [-0.2, 0) is 4.79 Å². The Balaban J connectivity index is 1.99. The molecule has 0 radical (unpaired) electrons. The molecule has 7 nitrogen and oxygen atoms in total. The number of anilines is 1. The molecule has 1 aromatic heterocycles. The van der Waals surface area contributed by atoms with E-state index in [1.165, 1.54) is 0 Å². The Kier molecular flexibility index (Phi) is 6.00. The van der Waals surface area contributed by atoms with Gasteiger partial charge in [-0.2, -0.15) is 0 Å². The van der Waals surface area contributed by atoms with Crippen molar-refractivity contribution < 1.29 is 4.79 Å². The van der Waals surface area contributed by atoms with Crippen LogP contribution in [-0.4, -0.2) is 61.0 Å². The summed E-state index contributed by atoms with van der Waals surface area (Å²) in [5.41, 5.74) is 4.79. The van der Waals surface area contributed by atoms with Gasteiger partial charge in [0, 0.05) is 38.9 Å². The molecule has 0 spiro atoms. The SMILES string of the molecule is CCNC(=NCC(C)(C)C(N)=O)N1CCN(c2ccccn2)CC1. The monoisotopic (exact) mass is 332 g/mol. The molecule has 1 fully saturated rings. The highest BCUT2D eigenvalue weighted by Gasteiger charge is 2.26. The van der Waals surface area contributed by atoms with Crippen molar-refractivity contribution in [2.45, 2.75) is 20.8 Å². The molecule has 0 atom stereocenters. The molecule has 3 N–H and O–H groups in total. The van der Waals surface area contributed by atoms with Crippen LogP contribution in [0.4, 0.5) is 5.82 Å². The molecule has 24 heavy (non-hydrogen) atoms. The maximum Gasteiger partial charge on any atom is 0.224 e. The normalized spacial score (nSPS) is 16.2. The van der Waals surface area contributed by atoms with Crippen LogP contribution in [0.1, 0.15) is 20.8 Å². The Morgan fingerprint density at radius 3 is 2.58 bits per heavy atom. The smallest absolute Gasteiger partial charge is 0.224 e. The Hall–Kier alpha value is -2.31. The average molecular weight is 332 g/mol. The Labute approximate surface area is 143 Å². The molecule has 1 saturated heterocycles. The standard InChI is InChI=1S/C17H28N6O/c1-4-19-16(21-13-17(2,3)15(18)24)23-11-9-22(10-12-23)14-7-5-6-8-20-14/h5-8H,4,9-13H2,1-3H3,(H2,18,24)(H,19,21).